The van der Waals surface area contributed by atoms with Crippen molar-refractivity contribution in [3.05, 3.63) is 0 Å². The fraction of sp³-hybridized carbons (Fsp3) is 0.857. The highest BCUT2D eigenvalue weighted by Gasteiger charge is 2.43. The SMILES string of the molecule is Cl.O=C(O)C1C2CCN1CC2. The Labute approximate surface area is 71.8 Å². The molecule has 0 amide bonds. The second kappa shape index (κ2) is 2.99. The van der Waals surface area contributed by atoms with E-state index in [1.165, 1.54) is 0 Å². The summed E-state index contributed by atoms with van der Waals surface area (Å²) < 4.78 is 0. The molecule has 1 unspecified atom stereocenters. The van der Waals surface area contributed by atoms with Crippen molar-refractivity contribution < 1.29 is 9.90 Å². The zero-order valence-electron chi connectivity index (χ0n) is 6.19. The lowest BCUT2D eigenvalue weighted by atomic mass is 10.00. The molecular formula is C7H12ClNO2. The fourth-order valence-electron chi connectivity index (χ4n) is 2.17. The number of carboxylic acids is 1. The van der Waals surface area contributed by atoms with Crippen LogP contribution in [0, 0.1) is 5.92 Å². The molecule has 11 heavy (non-hydrogen) atoms. The number of aliphatic carboxylic acids is 1. The van der Waals surface area contributed by atoms with Crippen LogP contribution in [0.15, 0.2) is 0 Å². The molecule has 0 aliphatic carbocycles. The number of piperidine rings is 1. The topological polar surface area (TPSA) is 40.5 Å². The van der Waals surface area contributed by atoms with Crippen LogP contribution < -0.4 is 0 Å². The molecule has 2 fully saturated rings. The van der Waals surface area contributed by atoms with Crippen molar-refractivity contribution in [2.24, 2.45) is 5.92 Å². The van der Waals surface area contributed by atoms with Crippen LogP contribution in [0.1, 0.15) is 12.8 Å². The Hall–Kier alpha value is -0.280. The molecule has 0 saturated carbocycles. The summed E-state index contributed by atoms with van der Waals surface area (Å²) in [5, 5.41) is 8.75. The van der Waals surface area contributed by atoms with Crippen LogP contribution in [0.4, 0.5) is 0 Å². The maximum Gasteiger partial charge on any atom is 0.321 e. The van der Waals surface area contributed by atoms with Gasteiger partial charge in [-0.15, -0.1) is 12.4 Å². The van der Waals surface area contributed by atoms with Crippen molar-refractivity contribution in [1.29, 1.82) is 0 Å². The van der Waals surface area contributed by atoms with Crippen LogP contribution in [0.25, 0.3) is 0 Å². The molecule has 2 rings (SSSR count). The van der Waals surface area contributed by atoms with E-state index in [9.17, 15) is 4.79 Å². The number of rotatable bonds is 1. The number of nitrogens with zero attached hydrogens (tertiary/aromatic N) is 1. The summed E-state index contributed by atoms with van der Waals surface area (Å²) >= 11 is 0. The van der Waals surface area contributed by atoms with E-state index in [0.717, 1.165) is 25.9 Å². The van der Waals surface area contributed by atoms with Crippen molar-refractivity contribution in [3.8, 4) is 0 Å². The van der Waals surface area contributed by atoms with E-state index in [1.54, 1.807) is 0 Å². The van der Waals surface area contributed by atoms with Crippen LogP contribution in [-0.4, -0.2) is 35.1 Å². The first-order valence-electron chi connectivity index (χ1n) is 3.76. The van der Waals surface area contributed by atoms with Gasteiger partial charge >= 0.3 is 5.97 Å². The number of hydrogen-bond acceptors (Lipinski definition) is 2. The maximum absolute atomic E-state index is 10.6. The normalized spacial score (nSPS) is 40.2. The van der Waals surface area contributed by atoms with E-state index in [0.29, 0.717) is 5.92 Å². The third-order valence-corrected chi connectivity index (χ3v) is 2.67. The maximum atomic E-state index is 10.6. The Balaban J connectivity index is 0.000000605. The Kier molecular flexibility index (Phi) is 2.40. The van der Waals surface area contributed by atoms with Gasteiger partial charge in [-0.05, 0) is 31.8 Å². The molecule has 2 bridgehead atoms. The van der Waals surface area contributed by atoms with Gasteiger partial charge in [-0.3, -0.25) is 9.69 Å². The third-order valence-electron chi connectivity index (χ3n) is 2.67. The van der Waals surface area contributed by atoms with Crippen LogP contribution in [-0.2, 0) is 4.79 Å². The first-order valence-corrected chi connectivity index (χ1v) is 3.76. The first kappa shape index (κ1) is 8.81. The van der Waals surface area contributed by atoms with Gasteiger partial charge in [-0.1, -0.05) is 0 Å². The van der Waals surface area contributed by atoms with Gasteiger partial charge in [0.15, 0.2) is 0 Å². The molecule has 2 aliphatic rings. The van der Waals surface area contributed by atoms with Gasteiger partial charge in [-0.2, -0.15) is 0 Å². The summed E-state index contributed by atoms with van der Waals surface area (Å²) in [7, 11) is 0. The molecule has 0 aromatic heterocycles. The highest BCUT2D eigenvalue weighted by molar-refractivity contribution is 5.85. The van der Waals surface area contributed by atoms with E-state index >= 15 is 0 Å². The number of halogens is 1. The van der Waals surface area contributed by atoms with Crippen molar-refractivity contribution in [2.75, 3.05) is 13.1 Å². The van der Waals surface area contributed by atoms with Crippen LogP contribution >= 0.6 is 12.4 Å². The lowest BCUT2D eigenvalue weighted by Crippen LogP contribution is -2.33. The Morgan fingerprint density at radius 2 is 1.91 bits per heavy atom. The standard InChI is InChI=1S/C7H11NO2.ClH/c9-7(10)6-5-1-3-8(6)4-2-5;/h5-6H,1-4H2,(H,9,10);1H. The van der Waals surface area contributed by atoms with E-state index in [-0.39, 0.29) is 18.4 Å². The van der Waals surface area contributed by atoms with Crippen molar-refractivity contribution in [1.82, 2.24) is 4.90 Å². The lowest BCUT2D eigenvalue weighted by molar-refractivity contribution is -0.141. The zero-order valence-corrected chi connectivity index (χ0v) is 7.01. The van der Waals surface area contributed by atoms with Crippen LogP contribution in [0.5, 0.6) is 0 Å². The molecule has 2 heterocycles. The van der Waals surface area contributed by atoms with Crippen molar-refractivity contribution >= 4 is 18.4 Å². The van der Waals surface area contributed by atoms with E-state index < -0.39 is 5.97 Å². The predicted molar refractivity (Wildman–Crippen MR) is 43.0 cm³/mol. The van der Waals surface area contributed by atoms with Crippen molar-refractivity contribution in [3.63, 3.8) is 0 Å². The van der Waals surface area contributed by atoms with Gasteiger partial charge in [0.1, 0.15) is 6.04 Å². The third kappa shape index (κ3) is 1.23. The minimum absolute atomic E-state index is 0. The summed E-state index contributed by atoms with van der Waals surface area (Å²) in [5.74, 6) is -0.169. The number of carbonyl (C=O) groups is 1. The molecular weight excluding hydrogens is 166 g/mol. The highest BCUT2D eigenvalue weighted by atomic mass is 35.5. The predicted octanol–water partition coefficient (Wildman–Crippen LogP) is 0.587. The summed E-state index contributed by atoms with van der Waals surface area (Å²) in [6, 6.07) is -0.139. The van der Waals surface area contributed by atoms with Gasteiger partial charge in [0.05, 0.1) is 0 Å². The summed E-state index contributed by atoms with van der Waals surface area (Å²) in [6.07, 6.45) is 2.19. The zero-order chi connectivity index (χ0) is 7.14. The number of fused-ring (bicyclic) bond motifs is 2. The molecule has 2 aliphatic heterocycles. The molecule has 0 spiro atoms. The smallest absolute Gasteiger partial charge is 0.321 e. The van der Waals surface area contributed by atoms with E-state index in [4.69, 9.17) is 5.11 Å². The molecule has 2 saturated heterocycles. The molecule has 0 radical (unpaired) electrons. The highest BCUT2D eigenvalue weighted by Crippen LogP contribution is 2.34. The molecule has 4 heteroatoms. The molecule has 64 valence electrons. The summed E-state index contributed by atoms with van der Waals surface area (Å²) in [4.78, 5) is 12.7. The second-order valence-electron chi connectivity index (χ2n) is 3.16. The van der Waals surface area contributed by atoms with Gasteiger partial charge in [0, 0.05) is 0 Å². The van der Waals surface area contributed by atoms with Crippen LogP contribution in [0.2, 0.25) is 0 Å². The Bertz CT molecular complexity index is 154. The monoisotopic (exact) mass is 177 g/mol. The molecule has 0 aromatic rings. The second-order valence-corrected chi connectivity index (χ2v) is 3.16. The summed E-state index contributed by atoms with van der Waals surface area (Å²) in [5.41, 5.74) is 0. The molecule has 3 nitrogen and oxygen atoms in total. The average molecular weight is 178 g/mol. The van der Waals surface area contributed by atoms with Gasteiger partial charge < -0.3 is 5.11 Å². The Morgan fingerprint density at radius 3 is 2.09 bits per heavy atom. The van der Waals surface area contributed by atoms with Crippen molar-refractivity contribution in [2.45, 2.75) is 18.9 Å². The Morgan fingerprint density at radius 1 is 1.36 bits per heavy atom. The average Bonchev–Trinajstić information content (AvgIpc) is 2.43. The summed E-state index contributed by atoms with van der Waals surface area (Å²) in [6.45, 7) is 2.00. The van der Waals surface area contributed by atoms with E-state index in [2.05, 4.69) is 4.90 Å². The largest absolute Gasteiger partial charge is 0.480 e. The van der Waals surface area contributed by atoms with Gasteiger partial charge in [0.25, 0.3) is 0 Å². The van der Waals surface area contributed by atoms with Gasteiger partial charge in [-0.25, -0.2) is 0 Å². The molecule has 1 atom stereocenters. The molecule has 0 aromatic carbocycles. The fourth-order valence-corrected chi connectivity index (χ4v) is 2.17. The number of hydrogen-bond donors (Lipinski definition) is 1. The first-order chi connectivity index (χ1) is 4.79. The lowest BCUT2D eigenvalue weighted by Gasteiger charge is -2.13. The minimum Gasteiger partial charge on any atom is -0.480 e. The number of carboxylic acid groups (broad SMARTS) is 1. The van der Waals surface area contributed by atoms with Gasteiger partial charge in [0.2, 0.25) is 0 Å². The molecule has 1 N–H and O–H groups in total. The quantitative estimate of drug-likeness (QED) is 0.638. The minimum atomic E-state index is -0.625. The van der Waals surface area contributed by atoms with Crippen LogP contribution in [0.3, 0.4) is 0 Å². The van der Waals surface area contributed by atoms with E-state index in [1.807, 2.05) is 0 Å².